The Balaban J connectivity index is 1.88. The maximum absolute atomic E-state index is 3.78. The fourth-order valence-corrected chi connectivity index (χ4v) is 3.45. The predicted octanol–water partition coefficient (Wildman–Crippen LogP) is 2.87. The van der Waals surface area contributed by atoms with Gasteiger partial charge in [-0.2, -0.15) is 0 Å². The van der Waals surface area contributed by atoms with Crippen molar-refractivity contribution >= 4 is 15.9 Å². The zero-order chi connectivity index (χ0) is 11.8. The second-order valence-corrected chi connectivity index (χ2v) is 6.29. The van der Waals surface area contributed by atoms with E-state index in [1.807, 2.05) is 0 Å². The number of alkyl halides is 1. The summed E-state index contributed by atoms with van der Waals surface area (Å²) in [5, 5.41) is 0. The second-order valence-electron chi connectivity index (χ2n) is 5.23. The Morgan fingerprint density at radius 2 is 1.88 bits per heavy atom. The molecule has 1 fully saturated rings. The number of rotatable bonds is 1. The summed E-state index contributed by atoms with van der Waals surface area (Å²) in [5.41, 5.74) is 11.2. The van der Waals surface area contributed by atoms with Crippen LogP contribution in [-0.4, -0.2) is 10.9 Å². The van der Waals surface area contributed by atoms with E-state index in [1.54, 1.807) is 11.1 Å². The lowest BCUT2D eigenvalue weighted by Crippen LogP contribution is -2.29. The Kier molecular flexibility index (Phi) is 3.24. The quantitative estimate of drug-likeness (QED) is 0.779. The van der Waals surface area contributed by atoms with Crippen molar-refractivity contribution in [3.63, 3.8) is 0 Å². The van der Waals surface area contributed by atoms with Crippen molar-refractivity contribution in [3.8, 4) is 0 Å². The molecule has 0 saturated carbocycles. The average molecular weight is 295 g/mol. The summed E-state index contributed by atoms with van der Waals surface area (Å²) in [7, 11) is 0. The van der Waals surface area contributed by atoms with Crippen molar-refractivity contribution in [1.29, 1.82) is 0 Å². The molecule has 0 bridgehead atoms. The molecule has 3 atom stereocenters. The van der Waals surface area contributed by atoms with E-state index in [0.29, 0.717) is 16.9 Å². The fourth-order valence-electron chi connectivity index (χ4n) is 2.88. The number of benzene rings is 1. The number of fused-ring (bicyclic) bond motifs is 1. The van der Waals surface area contributed by atoms with Crippen molar-refractivity contribution in [1.82, 2.24) is 10.9 Å². The largest absolute Gasteiger partial charge is 0.253 e. The zero-order valence-corrected chi connectivity index (χ0v) is 11.8. The molecule has 3 rings (SSSR count). The van der Waals surface area contributed by atoms with Gasteiger partial charge in [0.15, 0.2) is 0 Å². The lowest BCUT2D eigenvalue weighted by atomic mass is 9.88. The molecule has 1 aliphatic heterocycles. The number of aryl methyl sites for hydroxylation is 2. The minimum absolute atomic E-state index is 0.386. The SMILES string of the molecule is CC1NNC(c2ccc3c(c2)CCCC3)C1Br. The summed E-state index contributed by atoms with van der Waals surface area (Å²) >= 11 is 3.78. The molecule has 2 nitrogen and oxygen atoms in total. The van der Waals surface area contributed by atoms with Crippen LogP contribution in [0.25, 0.3) is 0 Å². The normalized spacial score (nSPS) is 32.5. The van der Waals surface area contributed by atoms with Crippen LogP contribution >= 0.6 is 15.9 Å². The van der Waals surface area contributed by atoms with Crippen LogP contribution in [0.1, 0.15) is 42.5 Å². The summed E-state index contributed by atoms with van der Waals surface area (Å²) in [6, 6.07) is 7.87. The van der Waals surface area contributed by atoms with Gasteiger partial charge in [-0.15, -0.1) is 0 Å². The third-order valence-corrected chi connectivity index (χ3v) is 5.32. The maximum Gasteiger partial charge on any atom is 0.0603 e. The van der Waals surface area contributed by atoms with Gasteiger partial charge < -0.3 is 0 Å². The summed E-state index contributed by atoms with van der Waals surface area (Å²) in [6.45, 7) is 2.20. The van der Waals surface area contributed by atoms with Crippen molar-refractivity contribution in [2.45, 2.75) is 49.5 Å². The van der Waals surface area contributed by atoms with Gasteiger partial charge in [0.25, 0.3) is 0 Å². The summed E-state index contributed by atoms with van der Waals surface area (Å²) in [6.07, 6.45) is 5.22. The van der Waals surface area contributed by atoms with E-state index in [2.05, 4.69) is 51.9 Å². The summed E-state index contributed by atoms with van der Waals surface area (Å²) in [4.78, 5) is 0.462. The van der Waals surface area contributed by atoms with Crippen LogP contribution in [0, 0.1) is 0 Å². The highest BCUT2D eigenvalue weighted by Crippen LogP contribution is 2.31. The lowest BCUT2D eigenvalue weighted by Gasteiger charge is -2.20. The van der Waals surface area contributed by atoms with Gasteiger partial charge in [0.1, 0.15) is 0 Å². The van der Waals surface area contributed by atoms with Crippen LogP contribution in [-0.2, 0) is 12.8 Å². The molecule has 3 heteroatoms. The Bertz CT molecular complexity index is 419. The molecule has 2 aliphatic rings. The first kappa shape index (κ1) is 11.7. The van der Waals surface area contributed by atoms with Crippen molar-refractivity contribution in [2.75, 3.05) is 0 Å². The first-order chi connectivity index (χ1) is 8.25. The third kappa shape index (κ3) is 2.16. The first-order valence-electron chi connectivity index (χ1n) is 6.52. The molecule has 92 valence electrons. The zero-order valence-electron chi connectivity index (χ0n) is 10.2. The van der Waals surface area contributed by atoms with Crippen molar-refractivity contribution in [3.05, 3.63) is 34.9 Å². The molecule has 17 heavy (non-hydrogen) atoms. The number of hydrazine groups is 1. The lowest BCUT2D eigenvalue weighted by molar-refractivity contribution is 0.559. The van der Waals surface area contributed by atoms with E-state index in [0.717, 1.165) is 0 Å². The van der Waals surface area contributed by atoms with E-state index in [-0.39, 0.29) is 0 Å². The van der Waals surface area contributed by atoms with E-state index in [1.165, 1.54) is 31.2 Å². The predicted molar refractivity (Wildman–Crippen MR) is 74.3 cm³/mol. The van der Waals surface area contributed by atoms with E-state index < -0.39 is 0 Å². The van der Waals surface area contributed by atoms with Crippen molar-refractivity contribution < 1.29 is 0 Å². The Morgan fingerprint density at radius 3 is 2.59 bits per heavy atom. The number of halogens is 1. The minimum atomic E-state index is 0.386. The molecular formula is C14H19BrN2. The van der Waals surface area contributed by atoms with Crippen LogP contribution in [0.15, 0.2) is 18.2 Å². The van der Waals surface area contributed by atoms with Crippen LogP contribution in [0.5, 0.6) is 0 Å². The van der Waals surface area contributed by atoms with Crippen molar-refractivity contribution in [2.24, 2.45) is 0 Å². The molecule has 1 heterocycles. The second kappa shape index (κ2) is 4.71. The summed E-state index contributed by atoms with van der Waals surface area (Å²) in [5.74, 6) is 0. The Labute approximate surface area is 111 Å². The third-order valence-electron chi connectivity index (χ3n) is 3.99. The number of nitrogens with one attached hydrogen (secondary N) is 2. The summed E-state index contributed by atoms with van der Waals surface area (Å²) < 4.78 is 0. The van der Waals surface area contributed by atoms with Gasteiger partial charge in [-0.1, -0.05) is 34.1 Å². The molecule has 1 aliphatic carbocycles. The smallest absolute Gasteiger partial charge is 0.0603 e. The highest BCUT2D eigenvalue weighted by Gasteiger charge is 2.32. The van der Waals surface area contributed by atoms with E-state index in [4.69, 9.17) is 0 Å². The monoisotopic (exact) mass is 294 g/mol. The molecule has 1 aromatic carbocycles. The van der Waals surface area contributed by atoms with Gasteiger partial charge >= 0.3 is 0 Å². The molecule has 0 amide bonds. The fraction of sp³-hybridized carbons (Fsp3) is 0.571. The standard InChI is InChI=1S/C14H19BrN2/c1-9-13(15)14(17-16-9)12-7-6-10-4-2-3-5-11(10)8-12/h6-9,13-14,16-17H,2-5H2,1H3. The van der Waals surface area contributed by atoms with Crippen LogP contribution < -0.4 is 10.9 Å². The molecule has 0 aromatic heterocycles. The number of hydrogen-bond donors (Lipinski definition) is 2. The molecule has 3 unspecified atom stereocenters. The van der Waals surface area contributed by atoms with Gasteiger partial charge in [0, 0.05) is 6.04 Å². The molecule has 1 saturated heterocycles. The molecular weight excluding hydrogens is 276 g/mol. The van der Waals surface area contributed by atoms with Gasteiger partial charge in [0.2, 0.25) is 0 Å². The van der Waals surface area contributed by atoms with Gasteiger partial charge in [-0.05, 0) is 49.3 Å². The average Bonchev–Trinajstić information content (AvgIpc) is 2.70. The Morgan fingerprint density at radius 1 is 1.12 bits per heavy atom. The first-order valence-corrected chi connectivity index (χ1v) is 7.44. The van der Waals surface area contributed by atoms with Gasteiger partial charge in [0.05, 0.1) is 10.9 Å². The highest BCUT2D eigenvalue weighted by molar-refractivity contribution is 9.09. The molecule has 2 N–H and O–H groups in total. The maximum atomic E-state index is 3.78. The van der Waals surface area contributed by atoms with Gasteiger partial charge in [-0.3, -0.25) is 5.43 Å². The van der Waals surface area contributed by atoms with Gasteiger partial charge in [-0.25, -0.2) is 5.43 Å². The molecule has 1 aromatic rings. The van der Waals surface area contributed by atoms with E-state index >= 15 is 0 Å². The number of hydrogen-bond acceptors (Lipinski definition) is 2. The minimum Gasteiger partial charge on any atom is -0.253 e. The molecule has 0 spiro atoms. The molecule has 0 radical (unpaired) electrons. The Hall–Kier alpha value is -0.380. The van der Waals surface area contributed by atoms with E-state index in [9.17, 15) is 0 Å². The van der Waals surface area contributed by atoms with Crippen LogP contribution in [0.2, 0.25) is 0 Å². The highest BCUT2D eigenvalue weighted by atomic mass is 79.9. The van der Waals surface area contributed by atoms with Crippen LogP contribution in [0.4, 0.5) is 0 Å². The van der Waals surface area contributed by atoms with Crippen LogP contribution in [0.3, 0.4) is 0 Å². The topological polar surface area (TPSA) is 24.1 Å².